The molecule has 1 aromatic rings. The maximum Gasteiger partial charge on any atom is 0.130 e. The summed E-state index contributed by atoms with van der Waals surface area (Å²) in [4.78, 5) is 0. The Morgan fingerprint density at radius 3 is 2.75 bits per heavy atom. The highest BCUT2D eigenvalue weighted by molar-refractivity contribution is 6.30. The predicted octanol–water partition coefficient (Wildman–Crippen LogP) is 2.11. The van der Waals surface area contributed by atoms with Gasteiger partial charge in [-0.05, 0) is 12.1 Å². The van der Waals surface area contributed by atoms with Gasteiger partial charge in [-0.1, -0.05) is 23.6 Å². The van der Waals surface area contributed by atoms with Crippen molar-refractivity contribution in [2.75, 3.05) is 0 Å². The Bertz CT molecular complexity index is 330. The second kappa shape index (κ2) is 3.57. The topological polar surface area (TPSA) is 26.0 Å². The molecule has 12 heavy (non-hydrogen) atoms. The molecule has 0 heterocycles. The Morgan fingerprint density at radius 2 is 2.25 bits per heavy atom. The zero-order valence-corrected chi connectivity index (χ0v) is 6.98. The first-order valence-electron chi connectivity index (χ1n) is 3.32. The van der Waals surface area contributed by atoms with E-state index >= 15 is 0 Å². The molecule has 62 valence electrons. The van der Waals surface area contributed by atoms with Crippen LogP contribution in [-0.2, 0) is 0 Å². The van der Waals surface area contributed by atoms with Crippen LogP contribution in [-0.4, -0.2) is 0 Å². The van der Waals surface area contributed by atoms with Gasteiger partial charge in [0.2, 0.25) is 0 Å². The van der Waals surface area contributed by atoms with Crippen molar-refractivity contribution >= 4 is 11.6 Å². The third kappa shape index (κ3) is 1.76. The van der Waals surface area contributed by atoms with Crippen molar-refractivity contribution in [3.63, 3.8) is 0 Å². The summed E-state index contributed by atoms with van der Waals surface area (Å²) in [7, 11) is 0. The van der Waals surface area contributed by atoms with Crippen molar-refractivity contribution in [3.05, 3.63) is 34.6 Å². The Balaban J connectivity index is 3.11. The van der Waals surface area contributed by atoms with Crippen LogP contribution in [0.25, 0.3) is 0 Å². The maximum absolute atomic E-state index is 13.0. The van der Waals surface area contributed by atoms with Crippen molar-refractivity contribution < 1.29 is 4.39 Å². The van der Waals surface area contributed by atoms with Crippen LogP contribution >= 0.6 is 11.6 Å². The molecule has 0 bridgehead atoms. The molecular formula is C9H7ClFN. The van der Waals surface area contributed by atoms with Crippen LogP contribution in [0.1, 0.15) is 11.6 Å². The second-order valence-electron chi connectivity index (χ2n) is 2.31. The van der Waals surface area contributed by atoms with Crippen molar-refractivity contribution in [2.24, 2.45) is 5.73 Å². The van der Waals surface area contributed by atoms with E-state index in [2.05, 4.69) is 5.92 Å². The minimum absolute atomic E-state index is 0.293. The minimum atomic E-state index is -0.706. The van der Waals surface area contributed by atoms with Crippen molar-refractivity contribution in [2.45, 2.75) is 6.04 Å². The average Bonchev–Trinajstić information content (AvgIpc) is 2.03. The zero-order chi connectivity index (χ0) is 9.14. The lowest BCUT2D eigenvalue weighted by Gasteiger charge is -2.05. The van der Waals surface area contributed by atoms with E-state index in [0.29, 0.717) is 10.6 Å². The van der Waals surface area contributed by atoms with Gasteiger partial charge in [0.1, 0.15) is 5.82 Å². The van der Waals surface area contributed by atoms with Crippen molar-refractivity contribution in [1.82, 2.24) is 0 Å². The molecule has 1 aromatic carbocycles. The summed E-state index contributed by atoms with van der Waals surface area (Å²) >= 11 is 5.53. The Kier molecular flexibility index (Phi) is 2.69. The molecule has 1 nitrogen and oxygen atoms in total. The van der Waals surface area contributed by atoms with Crippen molar-refractivity contribution in [1.29, 1.82) is 0 Å². The molecule has 0 saturated carbocycles. The zero-order valence-electron chi connectivity index (χ0n) is 6.22. The minimum Gasteiger partial charge on any atom is -0.314 e. The smallest absolute Gasteiger partial charge is 0.130 e. The molecule has 0 aliphatic carbocycles. The van der Waals surface area contributed by atoms with Crippen LogP contribution in [0, 0.1) is 18.2 Å². The monoisotopic (exact) mass is 183 g/mol. The number of rotatable bonds is 1. The fourth-order valence-corrected chi connectivity index (χ4v) is 1.00. The normalized spacial score (nSPS) is 12.2. The van der Waals surface area contributed by atoms with E-state index in [1.165, 1.54) is 12.1 Å². The lowest BCUT2D eigenvalue weighted by atomic mass is 10.1. The first kappa shape index (κ1) is 9.05. The van der Waals surface area contributed by atoms with Crippen LogP contribution in [0.2, 0.25) is 5.02 Å². The van der Waals surface area contributed by atoms with E-state index in [1.807, 2.05) is 0 Å². The predicted molar refractivity (Wildman–Crippen MR) is 47.2 cm³/mol. The number of hydrogen-bond acceptors (Lipinski definition) is 1. The lowest BCUT2D eigenvalue weighted by molar-refractivity contribution is 0.604. The van der Waals surface area contributed by atoms with Gasteiger partial charge < -0.3 is 5.73 Å². The van der Waals surface area contributed by atoms with Crippen LogP contribution in [0.15, 0.2) is 18.2 Å². The molecule has 0 radical (unpaired) electrons. The quantitative estimate of drug-likeness (QED) is 0.664. The van der Waals surface area contributed by atoms with Gasteiger partial charge in [-0.25, -0.2) is 4.39 Å². The van der Waals surface area contributed by atoms with Gasteiger partial charge in [0.15, 0.2) is 0 Å². The summed E-state index contributed by atoms with van der Waals surface area (Å²) in [5, 5.41) is 0.334. The van der Waals surface area contributed by atoms with E-state index in [4.69, 9.17) is 23.8 Å². The third-order valence-corrected chi connectivity index (χ3v) is 1.71. The van der Waals surface area contributed by atoms with E-state index in [0.717, 1.165) is 0 Å². The van der Waals surface area contributed by atoms with Gasteiger partial charge in [0, 0.05) is 10.6 Å². The maximum atomic E-state index is 13.0. The molecule has 0 unspecified atom stereocenters. The highest BCUT2D eigenvalue weighted by atomic mass is 35.5. The fraction of sp³-hybridized carbons (Fsp3) is 0.111. The van der Waals surface area contributed by atoms with E-state index < -0.39 is 11.9 Å². The molecule has 0 spiro atoms. The molecule has 1 atom stereocenters. The van der Waals surface area contributed by atoms with Gasteiger partial charge in [-0.2, -0.15) is 0 Å². The summed E-state index contributed by atoms with van der Waals surface area (Å²) in [6.07, 6.45) is 5.04. The van der Waals surface area contributed by atoms with Crippen LogP contribution in [0.5, 0.6) is 0 Å². The standard InChI is InChI=1S/C9H7ClFN/c1-2-9(12)7-4-3-6(10)5-8(7)11/h1,3-5,9H,12H2/t9-/m0/s1. The summed E-state index contributed by atoms with van der Waals surface area (Å²) in [5.74, 6) is 1.77. The summed E-state index contributed by atoms with van der Waals surface area (Å²) in [6, 6.07) is 3.52. The van der Waals surface area contributed by atoms with E-state index in [9.17, 15) is 4.39 Å². The van der Waals surface area contributed by atoms with Crippen LogP contribution in [0.3, 0.4) is 0 Å². The molecule has 0 aromatic heterocycles. The Hall–Kier alpha value is -1.04. The van der Waals surface area contributed by atoms with Gasteiger partial charge in [0.25, 0.3) is 0 Å². The number of terminal acetylenes is 1. The molecule has 1 rings (SSSR count). The Labute approximate surface area is 75.3 Å². The highest BCUT2D eigenvalue weighted by Gasteiger charge is 2.08. The molecule has 3 heteroatoms. The van der Waals surface area contributed by atoms with E-state index in [1.54, 1.807) is 6.07 Å². The fourth-order valence-electron chi connectivity index (χ4n) is 0.844. The van der Waals surface area contributed by atoms with Gasteiger partial charge >= 0.3 is 0 Å². The highest BCUT2D eigenvalue weighted by Crippen LogP contribution is 2.18. The van der Waals surface area contributed by atoms with Crippen LogP contribution < -0.4 is 5.73 Å². The Morgan fingerprint density at radius 1 is 1.58 bits per heavy atom. The summed E-state index contributed by atoms with van der Waals surface area (Å²) in [5.41, 5.74) is 5.72. The molecule has 0 amide bonds. The summed E-state index contributed by atoms with van der Waals surface area (Å²) < 4.78 is 13.0. The first-order chi connectivity index (χ1) is 5.65. The summed E-state index contributed by atoms with van der Waals surface area (Å²) in [6.45, 7) is 0. The van der Waals surface area contributed by atoms with Gasteiger partial charge in [-0.3, -0.25) is 0 Å². The lowest BCUT2D eigenvalue weighted by Crippen LogP contribution is -2.09. The number of hydrogen-bond donors (Lipinski definition) is 1. The molecule has 0 fully saturated rings. The van der Waals surface area contributed by atoms with Crippen LogP contribution in [0.4, 0.5) is 4.39 Å². The molecule has 0 aliphatic rings. The van der Waals surface area contributed by atoms with E-state index in [-0.39, 0.29) is 0 Å². The third-order valence-electron chi connectivity index (χ3n) is 1.48. The first-order valence-corrected chi connectivity index (χ1v) is 3.69. The SMILES string of the molecule is C#C[C@H](N)c1ccc(Cl)cc1F. The van der Waals surface area contributed by atoms with Crippen molar-refractivity contribution in [3.8, 4) is 12.3 Å². The average molecular weight is 184 g/mol. The molecule has 2 N–H and O–H groups in total. The largest absolute Gasteiger partial charge is 0.314 e. The van der Waals surface area contributed by atoms with Gasteiger partial charge in [-0.15, -0.1) is 6.42 Å². The second-order valence-corrected chi connectivity index (χ2v) is 2.75. The molecule has 0 saturated heterocycles. The number of nitrogens with two attached hydrogens (primary N) is 1. The van der Waals surface area contributed by atoms with Gasteiger partial charge in [0.05, 0.1) is 6.04 Å². The number of halogens is 2. The molecule has 0 aliphatic heterocycles. The number of benzene rings is 1. The molecular weight excluding hydrogens is 177 g/mol.